The first-order valence-corrected chi connectivity index (χ1v) is 10.9. The quantitative estimate of drug-likeness (QED) is 0.315. The fourth-order valence-corrected chi connectivity index (χ4v) is 4.62. The standard InChI is InChI=1S/C20H23ClF2N6O4/c21-20-25-18(24-12-6-9(12)8-1-2-10(22)11(23)5-8)15-19(26-20)29(28-27-15)13-7-14(33-4-3-30)17(32)16(13)31/h1-2,5,9,12-14,16-17,27-28,30-32H,3-4,6-7H2,(H,24,25,26)/t9-,12+,13+,14-,16-,17+/m0/s1. The van der Waals surface area contributed by atoms with Crippen molar-refractivity contribution in [1.82, 2.24) is 15.5 Å². The van der Waals surface area contributed by atoms with Gasteiger partial charge in [-0.05, 0) is 35.7 Å². The van der Waals surface area contributed by atoms with E-state index in [0.717, 1.165) is 6.07 Å². The summed E-state index contributed by atoms with van der Waals surface area (Å²) in [7, 11) is 0. The number of hydrogen-bond acceptors (Lipinski definition) is 10. The van der Waals surface area contributed by atoms with Gasteiger partial charge in [-0.3, -0.25) is 10.4 Å². The molecule has 0 spiro atoms. The van der Waals surface area contributed by atoms with Crippen LogP contribution in [0.25, 0.3) is 0 Å². The highest BCUT2D eigenvalue weighted by Gasteiger charge is 2.48. The highest BCUT2D eigenvalue weighted by Crippen LogP contribution is 2.46. The van der Waals surface area contributed by atoms with Crippen LogP contribution in [0.5, 0.6) is 0 Å². The minimum atomic E-state index is -1.14. The third kappa shape index (κ3) is 4.18. The summed E-state index contributed by atoms with van der Waals surface area (Å²) in [6, 6.07) is 3.22. The van der Waals surface area contributed by atoms with Crippen LogP contribution in [0.15, 0.2) is 18.2 Å². The number of aliphatic hydroxyl groups is 3. The van der Waals surface area contributed by atoms with E-state index in [-0.39, 0.29) is 36.9 Å². The first-order chi connectivity index (χ1) is 15.9. The largest absolute Gasteiger partial charge is 0.394 e. The summed E-state index contributed by atoms with van der Waals surface area (Å²) in [4.78, 5) is 8.51. The summed E-state index contributed by atoms with van der Waals surface area (Å²) in [5, 5.41) is 34.6. The van der Waals surface area contributed by atoms with Crippen molar-refractivity contribution < 1.29 is 28.8 Å². The zero-order chi connectivity index (χ0) is 23.3. The molecule has 3 aliphatic rings. The van der Waals surface area contributed by atoms with Crippen LogP contribution in [0.4, 0.5) is 26.1 Å². The Balaban J connectivity index is 1.33. The molecular weight excluding hydrogens is 462 g/mol. The molecule has 0 amide bonds. The number of rotatable bonds is 7. The third-order valence-corrected chi connectivity index (χ3v) is 6.40. The minimum absolute atomic E-state index is 0.00816. The smallest absolute Gasteiger partial charge is 0.226 e. The van der Waals surface area contributed by atoms with Gasteiger partial charge in [0.1, 0.15) is 17.9 Å². The number of aromatic nitrogens is 2. The van der Waals surface area contributed by atoms with Crippen molar-refractivity contribution in [3.63, 3.8) is 0 Å². The van der Waals surface area contributed by atoms with Crippen LogP contribution in [-0.4, -0.2) is 68.9 Å². The van der Waals surface area contributed by atoms with E-state index in [9.17, 15) is 19.0 Å². The Morgan fingerprint density at radius 2 is 2.00 bits per heavy atom. The van der Waals surface area contributed by atoms with E-state index in [4.69, 9.17) is 21.4 Å². The van der Waals surface area contributed by atoms with Crippen molar-refractivity contribution in [1.29, 1.82) is 0 Å². The average molecular weight is 485 g/mol. The summed E-state index contributed by atoms with van der Waals surface area (Å²) >= 11 is 6.16. The number of benzene rings is 1. The molecule has 1 aromatic heterocycles. The Morgan fingerprint density at radius 3 is 2.76 bits per heavy atom. The summed E-state index contributed by atoms with van der Waals surface area (Å²) < 4.78 is 32.2. The van der Waals surface area contributed by atoms with Crippen molar-refractivity contribution in [2.45, 2.75) is 49.2 Å². The first-order valence-electron chi connectivity index (χ1n) is 10.6. The second-order valence-corrected chi connectivity index (χ2v) is 8.67. The molecule has 2 aromatic rings. The first kappa shape index (κ1) is 22.4. The summed E-state index contributed by atoms with van der Waals surface area (Å²) in [6.07, 6.45) is -1.94. The van der Waals surface area contributed by atoms with E-state index in [0.29, 0.717) is 29.3 Å². The van der Waals surface area contributed by atoms with Crippen LogP contribution in [0, 0.1) is 11.6 Å². The van der Waals surface area contributed by atoms with Crippen LogP contribution in [0.1, 0.15) is 24.3 Å². The number of ether oxygens (including phenoxy) is 1. The maximum absolute atomic E-state index is 13.6. The van der Waals surface area contributed by atoms with E-state index in [1.54, 1.807) is 11.1 Å². The second kappa shape index (κ2) is 8.78. The van der Waals surface area contributed by atoms with Crippen LogP contribution in [-0.2, 0) is 4.74 Å². The molecule has 178 valence electrons. The fraction of sp³-hybridized carbons (Fsp3) is 0.500. The van der Waals surface area contributed by atoms with Crippen molar-refractivity contribution in [2.75, 3.05) is 29.0 Å². The zero-order valence-electron chi connectivity index (χ0n) is 17.3. The van der Waals surface area contributed by atoms with Gasteiger partial charge in [0.25, 0.3) is 0 Å². The van der Waals surface area contributed by atoms with Crippen LogP contribution >= 0.6 is 11.6 Å². The average Bonchev–Trinajstić information content (AvgIpc) is 3.34. The number of fused-ring (bicyclic) bond motifs is 1. The molecule has 13 heteroatoms. The number of nitrogens with one attached hydrogen (secondary N) is 3. The molecule has 1 aromatic carbocycles. The molecule has 6 atom stereocenters. The van der Waals surface area contributed by atoms with Gasteiger partial charge in [0.05, 0.1) is 25.4 Å². The van der Waals surface area contributed by atoms with E-state index in [2.05, 4.69) is 26.2 Å². The predicted octanol–water partition coefficient (Wildman–Crippen LogP) is 0.899. The van der Waals surface area contributed by atoms with Gasteiger partial charge in [0, 0.05) is 18.4 Å². The zero-order valence-corrected chi connectivity index (χ0v) is 18.0. The van der Waals surface area contributed by atoms with Crippen LogP contribution < -0.4 is 21.3 Å². The molecule has 2 heterocycles. The summed E-state index contributed by atoms with van der Waals surface area (Å²) in [5.41, 5.74) is 7.08. The predicted molar refractivity (Wildman–Crippen MR) is 115 cm³/mol. The van der Waals surface area contributed by atoms with Gasteiger partial charge >= 0.3 is 0 Å². The van der Waals surface area contributed by atoms with Gasteiger partial charge in [-0.25, -0.2) is 8.78 Å². The molecule has 1 aliphatic heterocycles. The number of hydrazine groups is 2. The summed E-state index contributed by atoms with van der Waals surface area (Å²) in [6.45, 7) is -0.146. The molecule has 2 fully saturated rings. The number of halogens is 3. The SMILES string of the molecule is OCCO[C@H]1C[C@@H](N2NNc3c(N[C@@H]4C[C@H]4c4ccc(F)c(F)c4)nc(Cl)nc32)[C@H](O)[C@@H]1O. The lowest BCUT2D eigenvalue weighted by Crippen LogP contribution is -2.49. The molecule has 0 radical (unpaired) electrons. The van der Waals surface area contributed by atoms with Crippen molar-refractivity contribution in [3.8, 4) is 0 Å². The van der Waals surface area contributed by atoms with Crippen LogP contribution in [0.3, 0.4) is 0 Å². The second-order valence-electron chi connectivity index (χ2n) is 8.33. The third-order valence-electron chi connectivity index (χ3n) is 6.23. The van der Waals surface area contributed by atoms with E-state index >= 15 is 0 Å². The number of aliphatic hydroxyl groups excluding tert-OH is 3. The lowest BCUT2D eigenvalue weighted by atomic mass is 10.1. The molecule has 6 N–H and O–H groups in total. The highest BCUT2D eigenvalue weighted by molar-refractivity contribution is 6.28. The fourth-order valence-electron chi connectivity index (χ4n) is 4.46. The summed E-state index contributed by atoms with van der Waals surface area (Å²) in [5.74, 6) is -0.990. The van der Waals surface area contributed by atoms with Gasteiger partial charge in [-0.1, -0.05) is 6.07 Å². The number of nitrogens with zero attached hydrogens (tertiary/aromatic N) is 3. The molecule has 2 aliphatic carbocycles. The van der Waals surface area contributed by atoms with Crippen molar-refractivity contribution in [2.24, 2.45) is 0 Å². The van der Waals surface area contributed by atoms with Gasteiger partial charge in [0.15, 0.2) is 23.3 Å². The molecule has 33 heavy (non-hydrogen) atoms. The van der Waals surface area contributed by atoms with Gasteiger partial charge in [-0.15, -0.1) is 5.53 Å². The molecule has 5 rings (SSSR count). The molecule has 10 nitrogen and oxygen atoms in total. The molecular formula is C20H23ClF2N6O4. The minimum Gasteiger partial charge on any atom is -0.394 e. The monoisotopic (exact) mass is 484 g/mol. The Morgan fingerprint density at radius 1 is 1.18 bits per heavy atom. The topological polar surface area (TPSA) is 135 Å². The number of hydrogen-bond donors (Lipinski definition) is 6. The highest BCUT2D eigenvalue weighted by atomic mass is 35.5. The molecule has 0 saturated heterocycles. The van der Waals surface area contributed by atoms with E-state index in [1.807, 2.05) is 0 Å². The molecule has 2 saturated carbocycles. The van der Waals surface area contributed by atoms with Crippen molar-refractivity contribution in [3.05, 3.63) is 40.7 Å². The van der Waals surface area contributed by atoms with Crippen molar-refractivity contribution >= 4 is 28.9 Å². The van der Waals surface area contributed by atoms with Crippen LogP contribution in [0.2, 0.25) is 5.28 Å². The Labute approximate surface area is 192 Å². The van der Waals surface area contributed by atoms with E-state index in [1.165, 1.54) is 6.07 Å². The van der Waals surface area contributed by atoms with Gasteiger partial charge in [0.2, 0.25) is 5.28 Å². The Bertz CT molecular complexity index is 1050. The van der Waals surface area contributed by atoms with Gasteiger partial charge in [-0.2, -0.15) is 9.97 Å². The lowest BCUT2D eigenvalue weighted by molar-refractivity contribution is -0.0617. The number of anilines is 3. The maximum atomic E-state index is 13.6. The Kier molecular flexibility index (Phi) is 5.97. The van der Waals surface area contributed by atoms with Gasteiger partial charge < -0.3 is 25.4 Å². The molecule has 0 unspecified atom stereocenters. The van der Waals surface area contributed by atoms with E-state index < -0.39 is 36.0 Å². The Hall–Kier alpha value is -2.35. The molecule has 0 bridgehead atoms. The normalized spacial score (nSPS) is 30.3. The lowest BCUT2D eigenvalue weighted by Gasteiger charge is -2.27. The maximum Gasteiger partial charge on any atom is 0.226 e.